The lowest BCUT2D eigenvalue weighted by atomic mass is 9.87. The minimum absolute atomic E-state index is 0.122. The van der Waals surface area contributed by atoms with Gasteiger partial charge in [-0.25, -0.2) is 4.79 Å². The van der Waals surface area contributed by atoms with E-state index < -0.39 is 23.4 Å². The molecule has 0 saturated carbocycles. The molecular weight excluding hydrogens is 388 g/mol. The molecule has 0 spiro atoms. The van der Waals surface area contributed by atoms with Gasteiger partial charge < -0.3 is 15.0 Å². The molecule has 0 radical (unpaired) electrons. The third-order valence-electron chi connectivity index (χ3n) is 5.85. The largest absolute Gasteiger partial charge is 0.466 e. The van der Waals surface area contributed by atoms with Crippen molar-refractivity contribution in [2.45, 2.75) is 38.6 Å². The molecule has 0 unspecified atom stereocenters. The number of carbonyl (C=O) groups excluding carboxylic acids is 4. The fraction of sp³-hybridized carbons (Fsp3) is 0.524. The predicted octanol–water partition coefficient (Wildman–Crippen LogP) is -0.267. The van der Waals surface area contributed by atoms with E-state index in [9.17, 15) is 19.2 Å². The zero-order chi connectivity index (χ0) is 21.7. The van der Waals surface area contributed by atoms with Crippen LogP contribution in [0.4, 0.5) is 4.79 Å². The van der Waals surface area contributed by atoms with Crippen molar-refractivity contribution in [1.29, 1.82) is 0 Å². The van der Waals surface area contributed by atoms with Gasteiger partial charge in [-0.2, -0.15) is 5.01 Å². The van der Waals surface area contributed by atoms with Gasteiger partial charge >= 0.3 is 12.0 Å². The Hall–Kier alpha value is -2.94. The van der Waals surface area contributed by atoms with Crippen LogP contribution in [0, 0.1) is 5.92 Å². The van der Waals surface area contributed by atoms with Crippen LogP contribution in [-0.4, -0.2) is 55.1 Å². The molecule has 3 N–H and O–H groups in total. The van der Waals surface area contributed by atoms with Crippen LogP contribution in [0.15, 0.2) is 30.3 Å². The topological polar surface area (TPSA) is 109 Å². The average Bonchev–Trinajstić information content (AvgIpc) is 3.00. The summed E-state index contributed by atoms with van der Waals surface area (Å²) >= 11 is 0. The van der Waals surface area contributed by atoms with Crippen LogP contribution in [0.1, 0.15) is 38.7 Å². The number of carbonyl (C=O) groups is 4. The van der Waals surface area contributed by atoms with Crippen molar-refractivity contribution in [3.05, 3.63) is 35.9 Å². The van der Waals surface area contributed by atoms with Gasteiger partial charge in [-0.15, -0.1) is 0 Å². The summed E-state index contributed by atoms with van der Waals surface area (Å²) in [6, 6.07) is 8.36. The molecule has 2 heterocycles. The van der Waals surface area contributed by atoms with Crippen molar-refractivity contribution in [2.75, 3.05) is 26.2 Å². The molecule has 0 aliphatic carbocycles. The number of urea groups is 1. The highest BCUT2D eigenvalue weighted by Crippen LogP contribution is 2.31. The first kappa shape index (κ1) is 21.8. The molecule has 4 amide bonds. The maximum Gasteiger partial charge on any atom is 0.344 e. The number of likely N-dealkylation sites (tertiary alicyclic amines) is 1. The van der Waals surface area contributed by atoms with E-state index >= 15 is 0 Å². The molecule has 1 atom stereocenters. The summed E-state index contributed by atoms with van der Waals surface area (Å²) in [6.07, 6.45) is 1.66. The summed E-state index contributed by atoms with van der Waals surface area (Å²) in [5, 5.41) is 3.52. The van der Waals surface area contributed by atoms with Crippen LogP contribution in [0.3, 0.4) is 0 Å². The van der Waals surface area contributed by atoms with Crippen molar-refractivity contribution in [3.63, 3.8) is 0 Å². The lowest BCUT2D eigenvalue weighted by Gasteiger charge is -2.28. The molecule has 1 aromatic rings. The number of rotatable bonds is 7. The second-order valence-electron chi connectivity index (χ2n) is 7.68. The first-order chi connectivity index (χ1) is 14.4. The number of nitrogens with one attached hydrogen (secondary N) is 3. The summed E-state index contributed by atoms with van der Waals surface area (Å²) in [5.41, 5.74) is 1.95. The van der Waals surface area contributed by atoms with Crippen LogP contribution >= 0.6 is 0 Å². The fourth-order valence-electron chi connectivity index (χ4n) is 4.13. The number of ether oxygens (including phenoxy) is 1. The number of amides is 4. The van der Waals surface area contributed by atoms with Gasteiger partial charge in [0.2, 0.25) is 0 Å². The molecule has 0 aromatic heterocycles. The van der Waals surface area contributed by atoms with Crippen LogP contribution in [0.5, 0.6) is 0 Å². The second-order valence-corrected chi connectivity index (χ2v) is 7.68. The molecule has 1 aromatic carbocycles. The minimum atomic E-state index is -1.18. The van der Waals surface area contributed by atoms with Crippen molar-refractivity contribution >= 4 is 23.8 Å². The summed E-state index contributed by atoms with van der Waals surface area (Å²) in [7, 11) is 0. The Kier molecular flexibility index (Phi) is 6.71. The van der Waals surface area contributed by atoms with Crippen molar-refractivity contribution in [2.24, 2.45) is 5.92 Å². The Bertz CT molecular complexity index is 807. The maximum absolute atomic E-state index is 13.0. The van der Waals surface area contributed by atoms with Crippen molar-refractivity contribution in [1.82, 2.24) is 15.8 Å². The Morgan fingerprint density at radius 3 is 2.47 bits per heavy atom. The summed E-state index contributed by atoms with van der Waals surface area (Å²) in [4.78, 5) is 50.9. The van der Waals surface area contributed by atoms with E-state index in [1.54, 1.807) is 31.2 Å². The first-order valence-corrected chi connectivity index (χ1v) is 10.4. The van der Waals surface area contributed by atoms with E-state index in [-0.39, 0.29) is 18.4 Å². The first-order valence-electron chi connectivity index (χ1n) is 10.4. The number of esters is 1. The molecule has 162 valence electrons. The quantitative estimate of drug-likeness (QED) is 0.418. The van der Waals surface area contributed by atoms with E-state index in [0.29, 0.717) is 44.5 Å². The number of quaternary nitrogens is 1. The number of nitrogens with zero attached hydrogens (tertiary/aromatic N) is 1. The van der Waals surface area contributed by atoms with Crippen LogP contribution in [0.25, 0.3) is 0 Å². The van der Waals surface area contributed by atoms with Gasteiger partial charge in [-0.05, 0) is 18.9 Å². The number of hydrogen-bond acceptors (Lipinski definition) is 5. The Labute approximate surface area is 175 Å². The Morgan fingerprint density at radius 2 is 1.87 bits per heavy atom. The Balaban J connectivity index is 1.58. The fourth-order valence-corrected chi connectivity index (χ4v) is 4.13. The van der Waals surface area contributed by atoms with Crippen molar-refractivity contribution < 1.29 is 28.8 Å². The smallest absolute Gasteiger partial charge is 0.344 e. The second kappa shape index (κ2) is 9.25. The van der Waals surface area contributed by atoms with Gasteiger partial charge in [-0.1, -0.05) is 37.3 Å². The molecular formula is C21H29N4O5+. The summed E-state index contributed by atoms with van der Waals surface area (Å²) < 4.78 is 5.06. The van der Waals surface area contributed by atoms with Crippen LogP contribution in [0.2, 0.25) is 0 Å². The normalized spacial score (nSPS) is 26.3. The van der Waals surface area contributed by atoms with E-state index in [1.807, 2.05) is 13.0 Å². The van der Waals surface area contributed by atoms with E-state index in [4.69, 9.17) is 4.74 Å². The highest BCUT2D eigenvalue weighted by molar-refractivity contribution is 6.08. The molecule has 2 aliphatic rings. The molecule has 9 heteroatoms. The number of piperidine rings is 1. The molecule has 2 fully saturated rings. The maximum atomic E-state index is 13.0. The van der Waals surface area contributed by atoms with Crippen LogP contribution in [-0.2, 0) is 24.7 Å². The van der Waals surface area contributed by atoms with Crippen molar-refractivity contribution in [3.8, 4) is 0 Å². The number of benzene rings is 1. The van der Waals surface area contributed by atoms with Gasteiger partial charge in [0.1, 0.15) is 5.54 Å². The van der Waals surface area contributed by atoms with Gasteiger partial charge in [-0.3, -0.25) is 19.8 Å². The molecule has 30 heavy (non-hydrogen) atoms. The average molecular weight is 417 g/mol. The highest BCUT2D eigenvalue weighted by atomic mass is 16.5. The standard InChI is InChI=1S/C21H28N4O5/c1-3-21(16-8-6-5-7-9-16)19(28)25(20(29)22-21)23-17(26)14-24-12-10-15(11-13-24)18(27)30-4-2/h5-9,15H,3-4,10-14H2,1-2H3,(H,22,29)(H,23,26)/p+1/t21-/m1/s1. The third-order valence-corrected chi connectivity index (χ3v) is 5.85. The molecule has 9 nitrogen and oxygen atoms in total. The minimum Gasteiger partial charge on any atom is -0.466 e. The lowest BCUT2D eigenvalue weighted by Crippen LogP contribution is -3.14. The van der Waals surface area contributed by atoms with E-state index in [0.717, 1.165) is 9.91 Å². The van der Waals surface area contributed by atoms with Gasteiger partial charge in [0.15, 0.2) is 6.54 Å². The SMILES string of the molecule is CCOC(=O)C1CC[NH+](CC(=O)NN2C(=O)N[C@](CC)(c3ccccc3)C2=O)CC1. The molecule has 2 saturated heterocycles. The molecule has 2 aliphatic heterocycles. The summed E-state index contributed by atoms with van der Waals surface area (Å²) in [6.45, 7) is 5.39. The zero-order valence-electron chi connectivity index (χ0n) is 17.4. The van der Waals surface area contributed by atoms with Gasteiger partial charge in [0, 0.05) is 12.8 Å². The Morgan fingerprint density at radius 1 is 1.20 bits per heavy atom. The highest BCUT2D eigenvalue weighted by Gasteiger charge is 2.52. The number of imide groups is 1. The van der Waals surface area contributed by atoms with E-state index in [1.165, 1.54) is 0 Å². The molecule has 3 rings (SSSR count). The molecule has 0 bridgehead atoms. The lowest BCUT2D eigenvalue weighted by molar-refractivity contribution is -0.897. The monoisotopic (exact) mass is 417 g/mol. The van der Waals surface area contributed by atoms with Crippen LogP contribution < -0.4 is 15.6 Å². The third kappa shape index (κ3) is 4.30. The number of hydrogen-bond donors (Lipinski definition) is 3. The zero-order valence-corrected chi connectivity index (χ0v) is 17.4. The predicted molar refractivity (Wildman–Crippen MR) is 107 cm³/mol. The van der Waals surface area contributed by atoms with Gasteiger partial charge in [0.05, 0.1) is 25.6 Å². The van der Waals surface area contributed by atoms with Gasteiger partial charge in [0.25, 0.3) is 11.8 Å². The summed E-state index contributed by atoms with van der Waals surface area (Å²) in [5.74, 6) is -1.22. The van der Waals surface area contributed by atoms with E-state index in [2.05, 4.69) is 10.7 Å². The number of hydrazine groups is 1.